The van der Waals surface area contributed by atoms with Crippen LogP contribution in [0, 0.1) is 0 Å². The molecule has 0 amide bonds. The van der Waals surface area contributed by atoms with E-state index in [2.05, 4.69) is 0 Å². The number of hydrogen-bond donors (Lipinski definition) is 1. The molecule has 0 bridgehead atoms. The molecule has 3 aromatic rings. The van der Waals surface area contributed by atoms with Gasteiger partial charge in [0, 0.05) is 21.5 Å². The van der Waals surface area contributed by atoms with Gasteiger partial charge in [-0.25, -0.2) is 0 Å². The lowest BCUT2D eigenvalue weighted by molar-refractivity contribution is -0.872. The third-order valence-corrected chi connectivity index (χ3v) is 3.94. The van der Waals surface area contributed by atoms with Crippen molar-refractivity contribution < 1.29 is 19.2 Å². The van der Waals surface area contributed by atoms with E-state index in [0.29, 0.717) is 39.2 Å². The number of carbonyl (C=O) groups is 1. The van der Waals surface area contributed by atoms with Crippen molar-refractivity contribution >= 4 is 28.4 Å². The molecule has 2 aromatic carbocycles. The maximum absolute atomic E-state index is 12.8. The number of fused-ring (bicyclic) bond motifs is 1. The summed E-state index contributed by atoms with van der Waals surface area (Å²) < 4.78 is 5.50. The Morgan fingerprint density at radius 2 is 1.87 bits per heavy atom. The minimum Gasteiger partial charge on any atom is -0.872 e. The quantitative estimate of drug-likeness (QED) is 0.745. The van der Waals surface area contributed by atoms with E-state index in [0.717, 1.165) is 4.90 Å². The number of nitrogens with one attached hydrogen (secondary N) is 1. The fourth-order valence-electron chi connectivity index (χ4n) is 2.63. The van der Waals surface area contributed by atoms with Gasteiger partial charge < -0.3 is 14.4 Å². The minimum absolute atomic E-state index is 0.0785. The summed E-state index contributed by atoms with van der Waals surface area (Å²) in [6.45, 7) is 0.524. The van der Waals surface area contributed by atoms with Crippen molar-refractivity contribution in [1.29, 1.82) is 0 Å². The lowest BCUT2D eigenvalue weighted by Gasteiger charge is -2.16. The molecule has 0 radical (unpaired) electrons. The van der Waals surface area contributed by atoms with Gasteiger partial charge in [0.15, 0.2) is 5.78 Å². The van der Waals surface area contributed by atoms with Crippen molar-refractivity contribution in [1.82, 2.24) is 0 Å². The predicted octanol–water partition coefficient (Wildman–Crippen LogP) is 2.04. The zero-order valence-corrected chi connectivity index (χ0v) is 13.6. The third-order valence-electron chi connectivity index (χ3n) is 3.69. The number of hydrogen-bond acceptors (Lipinski definition) is 3. The largest absolute Gasteiger partial charge is 0.872 e. The first-order chi connectivity index (χ1) is 11.0. The molecule has 0 fully saturated rings. The standard InChI is InChI=1S/C18H16ClNO3/c1-20(2)9-13-15(21)7-8-16-17(13)14(10-23-16)18(22)11-3-5-12(19)6-4-11/h3-8,10,21H,9H2,1-2H3. The van der Waals surface area contributed by atoms with Crippen LogP contribution in [0.4, 0.5) is 0 Å². The highest BCUT2D eigenvalue weighted by molar-refractivity contribution is 6.30. The number of rotatable bonds is 4. The van der Waals surface area contributed by atoms with E-state index in [4.69, 9.17) is 16.0 Å². The SMILES string of the molecule is C[NH+](C)Cc1c([O-])ccc2occ(C(=O)c3ccc(Cl)cc3)c12. The van der Waals surface area contributed by atoms with Gasteiger partial charge in [-0.15, -0.1) is 0 Å². The van der Waals surface area contributed by atoms with E-state index >= 15 is 0 Å². The Hall–Kier alpha value is -2.30. The van der Waals surface area contributed by atoms with Gasteiger partial charge in [0.05, 0.1) is 19.7 Å². The van der Waals surface area contributed by atoms with E-state index in [1.807, 2.05) is 14.1 Å². The number of furan rings is 1. The molecule has 0 saturated heterocycles. The van der Waals surface area contributed by atoms with Crippen molar-refractivity contribution in [2.75, 3.05) is 14.1 Å². The molecule has 1 N–H and O–H groups in total. The van der Waals surface area contributed by atoms with Crippen LogP contribution in [-0.2, 0) is 6.54 Å². The summed E-state index contributed by atoms with van der Waals surface area (Å²) in [5.41, 5.74) is 2.08. The minimum atomic E-state index is -0.180. The summed E-state index contributed by atoms with van der Waals surface area (Å²) in [5, 5.41) is 13.4. The maximum atomic E-state index is 12.8. The van der Waals surface area contributed by atoms with Gasteiger partial charge >= 0.3 is 0 Å². The molecule has 4 nitrogen and oxygen atoms in total. The third kappa shape index (κ3) is 2.96. The molecule has 1 aromatic heterocycles. The van der Waals surface area contributed by atoms with Crippen LogP contribution >= 0.6 is 11.6 Å². The zero-order valence-electron chi connectivity index (χ0n) is 12.9. The molecular formula is C18H16ClNO3. The normalized spacial score (nSPS) is 11.3. The molecule has 0 saturated carbocycles. The first kappa shape index (κ1) is 15.6. The number of halogens is 1. The highest BCUT2D eigenvalue weighted by Crippen LogP contribution is 2.31. The summed E-state index contributed by atoms with van der Waals surface area (Å²) >= 11 is 5.87. The highest BCUT2D eigenvalue weighted by atomic mass is 35.5. The average Bonchev–Trinajstić information content (AvgIpc) is 2.94. The summed E-state index contributed by atoms with van der Waals surface area (Å²) in [6, 6.07) is 9.77. The molecule has 5 heteroatoms. The Morgan fingerprint density at radius 3 is 2.52 bits per heavy atom. The summed E-state index contributed by atoms with van der Waals surface area (Å²) in [7, 11) is 3.91. The monoisotopic (exact) mass is 329 g/mol. The van der Waals surface area contributed by atoms with E-state index in [1.54, 1.807) is 30.3 Å². The second-order valence-electron chi connectivity index (χ2n) is 5.78. The Bertz CT molecular complexity index is 866. The highest BCUT2D eigenvalue weighted by Gasteiger charge is 2.19. The topological polar surface area (TPSA) is 57.7 Å². The van der Waals surface area contributed by atoms with Crippen LogP contribution in [0.25, 0.3) is 11.0 Å². The van der Waals surface area contributed by atoms with Gasteiger partial charge in [-0.3, -0.25) is 4.79 Å². The molecule has 0 spiro atoms. The van der Waals surface area contributed by atoms with E-state index < -0.39 is 0 Å². The van der Waals surface area contributed by atoms with Crippen LogP contribution in [0.1, 0.15) is 21.5 Å². The maximum Gasteiger partial charge on any atom is 0.196 e. The summed E-state index contributed by atoms with van der Waals surface area (Å²) in [6.07, 6.45) is 1.43. The van der Waals surface area contributed by atoms with Crippen LogP contribution in [-0.4, -0.2) is 19.9 Å². The smallest absolute Gasteiger partial charge is 0.196 e. The molecule has 23 heavy (non-hydrogen) atoms. The van der Waals surface area contributed by atoms with Crippen LogP contribution in [0.3, 0.4) is 0 Å². The molecule has 0 unspecified atom stereocenters. The molecule has 0 aliphatic carbocycles. The van der Waals surface area contributed by atoms with Crippen molar-refractivity contribution in [3.05, 3.63) is 64.4 Å². The van der Waals surface area contributed by atoms with Crippen molar-refractivity contribution in [2.24, 2.45) is 0 Å². The first-order valence-corrected chi connectivity index (χ1v) is 7.64. The molecular weight excluding hydrogens is 314 g/mol. The number of ketones is 1. The number of benzene rings is 2. The fourth-order valence-corrected chi connectivity index (χ4v) is 2.76. The first-order valence-electron chi connectivity index (χ1n) is 7.26. The van der Waals surface area contributed by atoms with Crippen molar-refractivity contribution in [3.63, 3.8) is 0 Å². The summed E-state index contributed by atoms with van der Waals surface area (Å²) in [5.74, 6) is -0.258. The van der Waals surface area contributed by atoms with E-state index in [-0.39, 0.29) is 11.5 Å². The lowest BCUT2D eigenvalue weighted by Crippen LogP contribution is -3.04. The second kappa shape index (κ2) is 6.07. The van der Waals surface area contributed by atoms with Gasteiger partial charge in [-0.05, 0) is 30.3 Å². The van der Waals surface area contributed by atoms with Gasteiger partial charge in [0.1, 0.15) is 18.4 Å². The van der Waals surface area contributed by atoms with E-state index in [9.17, 15) is 9.90 Å². The summed E-state index contributed by atoms with van der Waals surface area (Å²) in [4.78, 5) is 13.9. The molecule has 0 atom stereocenters. The van der Waals surface area contributed by atoms with Gasteiger partial charge in [0.2, 0.25) is 0 Å². The lowest BCUT2D eigenvalue weighted by atomic mass is 9.98. The molecule has 0 aliphatic rings. The Morgan fingerprint density at radius 1 is 1.17 bits per heavy atom. The zero-order chi connectivity index (χ0) is 16.6. The van der Waals surface area contributed by atoms with Gasteiger partial charge in [0.25, 0.3) is 0 Å². The number of carbonyl (C=O) groups excluding carboxylic acids is 1. The van der Waals surface area contributed by atoms with E-state index in [1.165, 1.54) is 12.3 Å². The molecule has 118 valence electrons. The number of quaternary nitrogens is 1. The predicted molar refractivity (Wildman–Crippen MR) is 87.1 cm³/mol. The van der Waals surface area contributed by atoms with Crippen LogP contribution in [0.15, 0.2) is 47.1 Å². The van der Waals surface area contributed by atoms with Crippen molar-refractivity contribution in [3.8, 4) is 5.75 Å². The Balaban J connectivity index is 2.16. The Kier molecular flexibility index (Phi) is 4.11. The van der Waals surface area contributed by atoms with Gasteiger partial charge in [-0.2, -0.15) is 0 Å². The average molecular weight is 330 g/mol. The fraction of sp³-hybridized carbons (Fsp3) is 0.167. The Labute approximate surface area is 138 Å². The van der Waals surface area contributed by atoms with Crippen molar-refractivity contribution in [2.45, 2.75) is 6.54 Å². The van der Waals surface area contributed by atoms with Crippen LogP contribution in [0.2, 0.25) is 5.02 Å². The van der Waals surface area contributed by atoms with Gasteiger partial charge in [-0.1, -0.05) is 23.4 Å². The molecule has 0 aliphatic heterocycles. The molecule has 3 rings (SSSR count). The molecule has 1 heterocycles. The van der Waals surface area contributed by atoms with Crippen LogP contribution < -0.4 is 10.0 Å². The second-order valence-corrected chi connectivity index (χ2v) is 6.22. The van der Waals surface area contributed by atoms with Crippen LogP contribution in [0.5, 0.6) is 5.75 Å².